The third kappa shape index (κ3) is 5.09. The van der Waals surface area contributed by atoms with Crippen LogP contribution >= 0.6 is 23.1 Å². The first kappa shape index (κ1) is 21.8. The fourth-order valence-corrected chi connectivity index (χ4v) is 6.49. The average molecular weight is 445 g/mol. The van der Waals surface area contributed by atoms with E-state index in [0.29, 0.717) is 18.3 Å². The van der Waals surface area contributed by atoms with Gasteiger partial charge < -0.3 is 10.0 Å². The lowest BCUT2D eigenvalue weighted by Gasteiger charge is -2.26. The van der Waals surface area contributed by atoms with Crippen molar-refractivity contribution < 1.29 is 9.90 Å². The van der Waals surface area contributed by atoms with E-state index in [4.69, 9.17) is 10.1 Å². The van der Waals surface area contributed by atoms with E-state index in [9.17, 15) is 4.79 Å². The van der Waals surface area contributed by atoms with Crippen molar-refractivity contribution in [3.05, 3.63) is 33.6 Å². The molecule has 2 aliphatic rings. The van der Waals surface area contributed by atoms with Gasteiger partial charge in [0.2, 0.25) is 0 Å². The lowest BCUT2D eigenvalue weighted by Crippen LogP contribution is -2.20. The topological polar surface area (TPSA) is 53.4 Å². The van der Waals surface area contributed by atoms with Crippen LogP contribution in [0.3, 0.4) is 0 Å². The van der Waals surface area contributed by atoms with Gasteiger partial charge in [-0.2, -0.15) is 0 Å². The molecule has 0 saturated heterocycles. The number of carboxylic acids is 1. The zero-order valence-electron chi connectivity index (χ0n) is 18.0. The quantitative estimate of drug-likeness (QED) is 0.579. The van der Waals surface area contributed by atoms with E-state index in [1.165, 1.54) is 26.6 Å². The van der Waals surface area contributed by atoms with E-state index in [2.05, 4.69) is 35.7 Å². The van der Waals surface area contributed by atoms with Gasteiger partial charge in [-0.05, 0) is 87.4 Å². The Hall–Kier alpha value is -1.37. The number of benzene rings is 1. The van der Waals surface area contributed by atoms with Crippen molar-refractivity contribution in [2.75, 3.05) is 26.4 Å². The lowest BCUT2D eigenvalue weighted by molar-refractivity contribution is -0.137. The number of likely N-dealkylation sites (N-methyl/N-ethyl adjacent to an activating group) is 1. The number of carboxylic acid groups (broad SMARTS) is 1. The van der Waals surface area contributed by atoms with Gasteiger partial charge in [0, 0.05) is 41.3 Å². The molecule has 1 aliphatic heterocycles. The molecule has 4 nitrogen and oxygen atoms in total. The van der Waals surface area contributed by atoms with Gasteiger partial charge in [-0.1, -0.05) is 0 Å². The Balaban J connectivity index is 1.48. The number of thiazole rings is 1. The van der Waals surface area contributed by atoms with E-state index < -0.39 is 5.97 Å². The van der Waals surface area contributed by atoms with Crippen molar-refractivity contribution in [3.63, 3.8) is 0 Å². The summed E-state index contributed by atoms with van der Waals surface area (Å²) in [7, 11) is 2.21. The Bertz CT molecular complexity index is 887. The second-order valence-corrected chi connectivity index (χ2v) is 10.6. The van der Waals surface area contributed by atoms with Gasteiger partial charge in [0.25, 0.3) is 0 Å². The van der Waals surface area contributed by atoms with Gasteiger partial charge in [-0.15, -0.1) is 23.1 Å². The van der Waals surface area contributed by atoms with Crippen molar-refractivity contribution in [3.8, 4) is 11.3 Å². The summed E-state index contributed by atoms with van der Waals surface area (Å²) in [4.78, 5) is 19.7. The zero-order valence-corrected chi connectivity index (χ0v) is 19.7. The summed E-state index contributed by atoms with van der Waals surface area (Å²) in [6.07, 6.45) is 10.1. The highest BCUT2D eigenvalue weighted by Gasteiger charge is 2.25. The van der Waals surface area contributed by atoms with Gasteiger partial charge in [0.1, 0.15) is 0 Å². The molecule has 0 amide bonds. The molecule has 6 heteroatoms. The Morgan fingerprint density at radius 1 is 1.20 bits per heavy atom. The largest absolute Gasteiger partial charge is 0.481 e. The van der Waals surface area contributed by atoms with Crippen LogP contribution in [0.4, 0.5) is 0 Å². The molecule has 0 radical (unpaired) electrons. The summed E-state index contributed by atoms with van der Waals surface area (Å²) in [5.74, 6) is 0.443. The Morgan fingerprint density at radius 3 is 2.57 bits per heavy atom. The van der Waals surface area contributed by atoms with E-state index in [0.717, 1.165) is 63.7 Å². The molecule has 2 aromatic rings. The molecule has 0 spiro atoms. The fourth-order valence-electron chi connectivity index (χ4n) is 4.86. The van der Waals surface area contributed by atoms with E-state index in [1.54, 1.807) is 0 Å². The summed E-state index contributed by atoms with van der Waals surface area (Å²) in [5, 5.41) is 12.4. The van der Waals surface area contributed by atoms with Crippen LogP contribution in [0.15, 0.2) is 22.4 Å². The molecule has 162 valence electrons. The first-order chi connectivity index (χ1) is 14.5. The van der Waals surface area contributed by atoms with Crippen LogP contribution in [0.1, 0.15) is 60.6 Å². The van der Waals surface area contributed by atoms with Crippen molar-refractivity contribution >= 4 is 29.1 Å². The standard InChI is InChI=1S/C24H32N2O2S2/c1-26-11-9-18-13-20(22(29-2)14-19(18)10-12-26)21-15-30-24(25-21)17-6-3-16(4-7-17)5-8-23(27)28/h13-17H,3-12H2,1-2H3,(H,27,28). The summed E-state index contributed by atoms with van der Waals surface area (Å²) >= 11 is 3.64. The van der Waals surface area contributed by atoms with Crippen molar-refractivity contribution in [1.29, 1.82) is 0 Å². The van der Waals surface area contributed by atoms with Gasteiger partial charge in [-0.3, -0.25) is 4.79 Å². The molecule has 2 heterocycles. The zero-order chi connectivity index (χ0) is 21.1. The van der Waals surface area contributed by atoms with Crippen molar-refractivity contribution in [2.24, 2.45) is 5.92 Å². The number of fused-ring (bicyclic) bond motifs is 1. The maximum Gasteiger partial charge on any atom is 0.303 e. The van der Waals surface area contributed by atoms with Crippen LogP contribution < -0.4 is 0 Å². The molecule has 0 atom stereocenters. The smallest absolute Gasteiger partial charge is 0.303 e. The first-order valence-corrected chi connectivity index (χ1v) is 13.2. The highest BCUT2D eigenvalue weighted by atomic mass is 32.2. The molecular weight excluding hydrogens is 412 g/mol. The lowest BCUT2D eigenvalue weighted by atomic mass is 9.80. The van der Waals surface area contributed by atoms with Crippen molar-refractivity contribution in [2.45, 2.75) is 62.2 Å². The molecule has 0 unspecified atom stereocenters. The number of aromatic nitrogens is 1. The van der Waals surface area contributed by atoms with Gasteiger partial charge in [-0.25, -0.2) is 4.98 Å². The molecule has 1 aliphatic carbocycles. The number of hydrogen-bond donors (Lipinski definition) is 1. The highest BCUT2D eigenvalue weighted by molar-refractivity contribution is 7.98. The van der Waals surface area contributed by atoms with Crippen LogP contribution in [0, 0.1) is 5.92 Å². The minimum absolute atomic E-state index is 0.308. The number of nitrogens with zero attached hydrogens (tertiary/aromatic N) is 2. The van der Waals surface area contributed by atoms with Crippen molar-refractivity contribution in [1.82, 2.24) is 9.88 Å². The normalized spacial score (nSPS) is 22.5. The molecule has 1 aromatic carbocycles. The van der Waals surface area contributed by atoms with Crippen LogP contribution in [0.25, 0.3) is 11.3 Å². The fraction of sp³-hybridized carbons (Fsp3) is 0.583. The number of thioether (sulfide) groups is 1. The Labute approximate surface area is 188 Å². The molecule has 4 rings (SSSR count). The van der Waals surface area contributed by atoms with Gasteiger partial charge in [0.05, 0.1) is 10.7 Å². The Morgan fingerprint density at radius 2 is 1.90 bits per heavy atom. The minimum atomic E-state index is -0.668. The maximum atomic E-state index is 10.8. The highest BCUT2D eigenvalue weighted by Crippen LogP contribution is 2.41. The minimum Gasteiger partial charge on any atom is -0.481 e. The van der Waals surface area contributed by atoms with Gasteiger partial charge in [0.15, 0.2) is 0 Å². The molecule has 1 aromatic heterocycles. The second kappa shape index (κ2) is 9.84. The maximum absolute atomic E-state index is 10.8. The first-order valence-electron chi connectivity index (χ1n) is 11.1. The summed E-state index contributed by atoms with van der Waals surface area (Å²) < 4.78 is 0. The average Bonchev–Trinajstić information content (AvgIpc) is 3.17. The molecule has 0 bridgehead atoms. The molecular formula is C24H32N2O2S2. The predicted octanol–water partition coefficient (Wildman–Crippen LogP) is 5.70. The summed E-state index contributed by atoms with van der Waals surface area (Å²) in [6.45, 7) is 2.26. The Kier molecular flexibility index (Phi) is 7.16. The third-order valence-electron chi connectivity index (χ3n) is 6.81. The van der Waals surface area contributed by atoms with Crippen LogP contribution in [-0.4, -0.2) is 47.4 Å². The van der Waals surface area contributed by atoms with E-state index in [-0.39, 0.29) is 0 Å². The SMILES string of the molecule is CSc1cc2c(cc1-c1csc(C3CCC(CCC(=O)O)CC3)n1)CCN(C)CC2. The monoisotopic (exact) mass is 444 g/mol. The number of carbonyl (C=O) groups is 1. The number of rotatable bonds is 6. The second-order valence-electron chi connectivity index (χ2n) is 8.85. The van der Waals surface area contributed by atoms with Gasteiger partial charge >= 0.3 is 5.97 Å². The molecule has 1 N–H and O–H groups in total. The summed E-state index contributed by atoms with van der Waals surface area (Å²) in [5.41, 5.74) is 5.42. The number of hydrogen-bond acceptors (Lipinski definition) is 5. The summed E-state index contributed by atoms with van der Waals surface area (Å²) in [6, 6.07) is 4.81. The number of aliphatic carboxylic acids is 1. The molecule has 1 fully saturated rings. The predicted molar refractivity (Wildman–Crippen MR) is 126 cm³/mol. The van der Waals surface area contributed by atoms with E-state index in [1.807, 2.05) is 23.1 Å². The molecule has 1 saturated carbocycles. The van der Waals surface area contributed by atoms with Crippen LogP contribution in [0.5, 0.6) is 0 Å². The third-order valence-corrected chi connectivity index (χ3v) is 8.59. The van der Waals surface area contributed by atoms with Crippen LogP contribution in [0.2, 0.25) is 0 Å². The van der Waals surface area contributed by atoms with E-state index >= 15 is 0 Å². The van der Waals surface area contributed by atoms with Crippen LogP contribution in [-0.2, 0) is 17.6 Å². The molecule has 30 heavy (non-hydrogen) atoms.